The van der Waals surface area contributed by atoms with E-state index in [2.05, 4.69) is 25.8 Å². The van der Waals surface area contributed by atoms with Crippen molar-refractivity contribution in [2.75, 3.05) is 5.75 Å². The summed E-state index contributed by atoms with van der Waals surface area (Å²) >= 11 is 1.43. The second kappa shape index (κ2) is 7.86. The van der Waals surface area contributed by atoms with E-state index in [9.17, 15) is 8.42 Å². The van der Waals surface area contributed by atoms with Crippen LogP contribution in [0, 0.1) is 24.2 Å². The lowest BCUT2D eigenvalue weighted by molar-refractivity contribution is -0.199. The molecule has 4 fully saturated rings. The summed E-state index contributed by atoms with van der Waals surface area (Å²) in [5.74, 6) is 1.01. The zero-order valence-electron chi connectivity index (χ0n) is 19.0. The van der Waals surface area contributed by atoms with Crippen molar-refractivity contribution in [3.05, 3.63) is 54.2 Å². The molecule has 8 heteroatoms. The third-order valence-electron chi connectivity index (χ3n) is 7.95. The number of rotatable bonds is 6. The summed E-state index contributed by atoms with van der Waals surface area (Å²) in [7, 11) is -4.11. The second-order valence-electron chi connectivity index (χ2n) is 10.3. The van der Waals surface area contributed by atoms with Gasteiger partial charge in [0, 0.05) is 6.20 Å². The summed E-state index contributed by atoms with van der Waals surface area (Å²) in [6.07, 6.45) is 3.87. The number of aromatic nitrogens is 1. The average molecular weight is 471 g/mol. The van der Waals surface area contributed by atoms with Crippen molar-refractivity contribution in [3.63, 3.8) is 0 Å². The molecule has 0 amide bonds. The Morgan fingerprint density at radius 1 is 1.16 bits per heavy atom. The van der Waals surface area contributed by atoms with Gasteiger partial charge in [0.2, 0.25) is 0 Å². The lowest BCUT2D eigenvalue weighted by Crippen LogP contribution is -2.65. The Labute approximate surface area is 195 Å². The molecule has 0 spiro atoms. The van der Waals surface area contributed by atoms with Gasteiger partial charge in [-0.05, 0) is 68.2 Å². The van der Waals surface area contributed by atoms with Crippen LogP contribution in [-0.4, -0.2) is 43.1 Å². The molecule has 3 aliphatic carbocycles. The molecule has 3 saturated carbocycles. The van der Waals surface area contributed by atoms with Crippen molar-refractivity contribution in [1.82, 2.24) is 4.98 Å². The minimum Gasteiger partial charge on any atom is -0.405 e. The van der Waals surface area contributed by atoms with Crippen LogP contribution in [0.3, 0.4) is 0 Å². The average Bonchev–Trinajstić information content (AvgIpc) is 3.11. The highest BCUT2D eigenvalue weighted by Gasteiger charge is 2.68. The van der Waals surface area contributed by atoms with Gasteiger partial charge in [-0.1, -0.05) is 37.6 Å². The number of benzene rings is 1. The Hall–Kier alpha value is -1.35. The van der Waals surface area contributed by atoms with Crippen molar-refractivity contribution < 1.29 is 17.7 Å². The fourth-order valence-corrected chi connectivity index (χ4v) is 8.82. The van der Waals surface area contributed by atoms with Gasteiger partial charge in [-0.3, -0.25) is 0 Å². The van der Waals surface area contributed by atoms with Gasteiger partial charge in [-0.25, -0.2) is 13.4 Å². The number of aryl methyl sites for hydroxylation is 1. The Bertz CT molecular complexity index is 1090. The smallest absolute Gasteiger partial charge is 0.405 e. The molecule has 0 radical (unpaired) electrons. The minimum absolute atomic E-state index is 0.0122. The van der Waals surface area contributed by atoms with E-state index in [0.717, 1.165) is 23.4 Å². The monoisotopic (exact) mass is 471 g/mol. The minimum atomic E-state index is -3.52. The topological polar surface area (TPSA) is 65.5 Å². The van der Waals surface area contributed by atoms with Crippen LogP contribution in [0.1, 0.15) is 39.2 Å². The normalized spacial score (nSPS) is 31.6. The van der Waals surface area contributed by atoms with Crippen LogP contribution in [0.25, 0.3) is 0 Å². The molecular weight excluding hydrogens is 441 g/mol. The Balaban J connectivity index is 1.43. The van der Waals surface area contributed by atoms with Gasteiger partial charge in [0.05, 0.1) is 32.5 Å². The van der Waals surface area contributed by atoms with E-state index in [4.69, 9.17) is 9.31 Å². The molecule has 5 atom stereocenters. The first-order chi connectivity index (χ1) is 15.1. The zero-order chi connectivity index (χ0) is 22.7. The molecule has 0 N–H and O–H groups in total. The predicted molar refractivity (Wildman–Crippen MR) is 127 cm³/mol. The van der Waals surface area contributed by atoms with Crippen molar-refractivity contribution in [2.24, 2.45) is 17.3 Å². The Morgan fingerprint density at radius 3 is 2.56 bits per heavy atom. The third kappa shape index (κ3) is 3.73. The highest BCUT2D eigenvalue weighted by Crippen LogP contribution is 2.66. The largest absolute Gasteiger partial charge is 0.473 e. The van der Waals surface area contributed by atoms with Crippen LogP contribution >= 0.6 is 11.8 Å². The van der Waals surface area contributed by atoms with Gasteiger partial charge in [0.25, 0.3) is 0 Å². The van der Waals surface area contributed by atoms with Crippen LogP contribution < -0.4 is 0 Å². The number of nitrogens with zero attached hydrogens (tertiary/aromatic N) is 1. The number of thioether (sulfide) groups is 1. The molecule has 4 aliphatic rings. The van der Waals surface area contributed by atoms with Gasteiger partial charge >= 0.3 is 7.12 Å². The van der Waals surface area contributed by atoms with Crippen molar-refractivity contribution in [1.29, 1.82) is 0 Å². The molecule has 1 saturated heterocycles. The molecule has 1 unspecified atom stereocenters. The van der Waals surface area contributed by atoms with Gasteiger partial charge in [-0.15, -0.1) is 11.8 Å². The molecule has 1 aliphatic heterocycles. The summed E-state index contributed by atoms with van der Waals surface area (Å²) in [6, 6.07) is 12.7. The van der Waals surface area contributed by atoms with E-state index in [1.54, 1.807) is 18.3 Å². The lowest BCUT2D eigenvalue weighted by Gasteiger charge is -2.64. The number of sulfone groups is 1. The first-order valence-electron chi connectivity index (χ1n) is 11.3. The molecule has 2 aromatic rings. The van der Waals surface area contributed by atoms with E-state index in [1.165, 1.54) is 11.8 Å². The van der Waals surface area contributed by atoms with Crippen LogP contribution in [0.5, 0.6) is 0 Å². The molecule has 1 aromatic carbocycles. The number of hydrogen-bond acceptors (Lipinski definition) is 6. The third-order valence-corrected chi connectivity index (χ3v) is 11.1. The quantitative estimate of drug-likeness (QED) is 0.454. The van der Waals surface area contributed by atoms with E-state index >= 15 is 0 Å². The number of pyridine rings is 1. The molecule has 32 heavy (non-hydrogen) atoms. The summed E-state index contributed by atoms with van der Waals surface area (Å²) in [4.78, 5) is 4.75. The maximum absolute atomic E-state index is 13.3. The van der Waals surface area contributed by atoms with E-state index < -0.39 is 22.1 Å². The molecule has 2 bridgehead atoms. The van der Waals surface area contributed by atoms with Gasteiger partial charge in [0.1, 0.15) is 0 Å². The standard InChI is InChI=1S/C24H30BNO4S2/c1-16-8-10-18(11-9-16)32(27,28)15-21(31-22-7-5-6-12-26-22)25-29-20-14-17-13-19(23(17,2)3)24(20,4)30-25/h5-12,17,19-21H,13-15H2,1-4H3/t17-,19+,20+,21?,24-/m0/s1. The highest BCUT2D eigenvalue weighted by atomic mass is 32.2. The molecule has 2 heterocycles. The maximum atomic E-state index is 13.3. The Kier molecular flexibility index (Phi) is 5.51. The summed E-state index contributed by atoms with van der Waals surface area (Å²) in [5, 5.41) is 0.354. The summed E-state index contributed by atoms with van der Waals surface area (Å²) in [5.41, 5.74) is 0.894. The van der Waals surface area contributed by atoms with E-state index in [0.29, 0.717) is 16.7 Å². The summed E-state index contributed by atoms with van der Waals surface area (Å²) in [6.45, 7) is 8.76. The predicted octanol–water partition coefficient (Wildman–Crippen LogP) is 4.59. The second-order valence-corrected chi connectivity index (χ2v) is 13.5. The van der Waals surface area contributed by atoms with E-state index in [-0.39, 0.29) is 22.9 Å². The number of hydrogen-bond donors (Lipinski definition) is 0. The molecular formula is C24H30BNO4S2. The van der Waals surface area contributed by atoms with Crippen LogP contribution in [0.4, 0.5) is 0 Å². The zero-order valence-corrected chi connectivity index (χ0v) is 20.7. The van der Waals surface area contributed by atoms with Crippen molar-refractivity contribution in [3.8, 4) is 0 Å². The van der Waals surface area contributed by atoms with Gasteiger partial charge in [0.15, 0.2) is 9.84 Å². The molecule has 1 aromatic heterocycles. The fourth-order valence-electron chi connectivity index (χ4n) is 5.86. The molecule has 5 nitrogen and oxygen atoms in total. The van der Waals surface area contributed by atoms with Crippen molar-refractivity contribution in [2.45, 2.75) is 67.3 Å². The first-order valence-corrected chi connectivity index (χ1v) is 13.8. The van der Waals surface area contributed by atoms with E-state index in [1.807, 2.05) is 37.3 Å². The van der Waals surface area contributed by atoms with Crippen LogP contribution in [-0.2, 0) is 19.1 Å². The van der Waals surface area contributed by atoms with Crippen LogP contribution in [0.15, 0.2) is 58.6 Å². The Morgan fingerprint density at radius 2 is 1.91 bits per heavy atom. The first kappa shape index (κ1) is 22.4. The summed E-state index contributed by atoms with van der Waals surface area (Å²) < 4.78 is 39.8. The van der Waals surface area contributed by atoms with Crippen LogP contribution in [0.2, 0.25) is 0 Å². The van der Waals surface area contributed by atoms with Crippen molar-refractivity contribution >= 4 is 28.7 Å². The lowest BCUT2D eigenvalue weighted by atomic mass is 9.43. The van der Waals surface area contributed by atoms with Gasteiger partial charge < -0.3 is 9.31 Å². The maximum Gasteiger partial charge on any atom is 0.473 e. The van der Waals surface area contributed by atoms with Gasteiger partial charge in [-0.2, -0.15) is 0 Å². The molecule has 6 rings (SSSR count). The molecule has 170 valence electrons. The SMILES string of the molecule is Cc1ccc(S(=O)(=O)CC(Sc2ccccn2)B2O[C@@H]3C[C@@H]4C[C@H](C4(C)C)[C@]3(C)O2)cc1. The fraction of sp³-hybridized carbons (Fsp3) is 0.542. The highest BCUT2D eigenvalue weighted by molar-refractivity contribution is 8.02.